The molecule has 2 rings (SSSR count). The Morgan fingerprint density at radius 1 is 1.19 bits per heavy atom. The van der Waals surface area contributed by atoms with Gasteiger partial charge in [-0.3, -0.25) is 14.6 Å². The molecule has 1 atom stereocenters. The summed E-state index contributed by atoms with van der Waals surface area (Å²) < 4.78 is 0. The van der Waals surface area contributed by atoms with Crippen LogP contribution in [0.1, 0.15) is 72.1 Å². The monoisotopic (exact) mass is 497 g/mol. The van der Waals surface area contributed by atoms with Gasteiger partial charge in [0.1, 0.15) is 17.2 Å². The van der Waals surface area contributed by atoms with E-state index in [4.69, 9.17) is 16.6 Å². The van der Waals surface area contributed by atoms with Crippen LogP contribution in [-0.2, 0) is 9.59 Å². The quantitative estimate of drug-likeness (QED) is 0.0773. The molecule has 2 amide bonds. The third kappa shape index (κ3) is 7.16. The normalized spacial score (nSPS) is 18.5. The molecular weight excluding hydrogens is 454 g/mol. The molecule has 0 bridgehead atoms. The van der Waals surface area contributed by atoms with Crippen molar-refractivity contribution in [3.63, 3.8) is 0 Å². The zero-order valence-corrected chi connectivity index (χ0v) is 22.1. The molecule has 1 spiro atoms. The Bertz CT molecular complexity index is 955. The highest BCUT2D eigenvalue weighted by atomic mass is 16.2. The number of nitrogens with zero attached hydrogens (tertiary/aromatic N) is 3. The number of rotatable bonds is 13. The molecule has 1 heterocycles. The minimum Gasteiger partial charge on any atom is -0.384 e. The first-order chi connectivity index (χ1) is 17.1. The standard InChI is InChI=1S/C27H43N7O2/c1-7-19(4)24-26(36)34(27(31-24)15-9-8-10-16-27)22(14-11-18(2)3)20(5)12-13-21(6)25(35)30-17-23(28)32-33-29/h12-13,18,22,33H,4-11,14-17,29H2,1-3H3,(H2,28,32)(H,30,35)/b13-12-. The Kier molecular flexibility index (Phi) is 10.6. The molecule has 1 aliphatic heterocycles. The Balaban J connectivity index is 2.29. The van der Waals surface area contributed by atoms with Gasteiger partial charge < -0.3 is 16.0 Å². The number of amides is 2. The zero-order chi connectivity index (χ0) is 26.9. The molecule has 9 heteroatoms. The van der Waals surface area contributed by atoms with Crippen molar-refractivity contribution in [2.75, 3.05) is 6.54 Å². The molecule has 9 nitrogen and oxygen atoms in total. The molecule has 6 N–H and O–H groups in total. The first kappa shape index (κ1) is 29.0. The molecule has 1 fully saturated rings. The molecule has 36 heavy (non-hydrogen) atoms. The number of carbonyl (C=O) groups is 2. The lowest BCUT2D eigenvalue weighted by Gasteiger charge is -2.44. The number of carbonyl (C=O) groups excluding carboxylic acids is 2. The number of amidine groups is 1. The van der Waals surface area contributed by atoms with E-state index in [0.717, 1.165) is 56.1 Å². The van der Waals surface area contributed by atoms with Gasteiger partial charge in [-0.15, -0.1) is 0 Å². The van der Waals surface area contributed by atoms with Crippen LogP contribution in [-0.4, -0.2) is 46.5 Å². The minimum absolute atomic E-state index is 0.0279. The van der Waals surface area contributed by atoms with E-state index in [0.29, 0.717) is 18.1 Å². The van der Waals surface area contributed by atoms with Gasteiger partial charge in [-0.05, 0) is 68.1 Å². The number of hydrogen-bond acceptors (Lipinski definition) is 6. The van der Waals surface area contributed by atoms with Crippen LogP contribution in [0.4, 0.5) is 0 Å². The number of nitrogens with one attached hydrogen (secondary N) is 2. The summed E-state index contributed by atoms with van der Waals surface area (Å²) in [7, 11) is 0. The third-order valence-corrected chi connectivity index (χ3v) is 6.79. The molecule has 0 aromatic rings. The van der Waals surface area contributed by atoms with Crippen LogP contribution in [0.25, 0.3) is 0 Å². The predicted octanol–water partition coefficient (Wildman–Crippen LogP) is 3.22. The molecule has 0 aromatic heterocycles. The molecule has 0 saturated heterocycles. The molecule has 2 aliphatic rings. The summed E-state index contributed by atoms with van der Waals surface area (Å²) in [6.45, 7) is 18.6. The highest BCUT2D eigenvalue weighted by Crippen LogP contribution is 2.43. The summed E-state index contributed by atoms with van der Waals surface area (Å²) in [6, 6.07) is -0.241. The maximum atomic E-state index is 13.8. The van der Waals surface area contributed by atoms with E-state index in [1.54, 1.807) is 12.2 Å². The van der Waals surface area contributed by atoms with Crippen LogP contribution in [0.15, 0.2) is 58.7 Å². The van der Waals surface area contributed by atoms with Crippen LogP contribution in [0, 0.1) is 5.92 Å². The first-order valence-electron chi connectivity index (χ1n) is 12.8. The lowest BCUT2D eigenvalue weighted by atomic mass is 9.85. The highest BCUT2D eigenvalue weighted by Gasteiger charge is 2.50. The maximum Gasteiger partial charge on any atom is 0.274 e. The molecule has 1 unspecified atom stereocenters. The van der Waals surface area contributed by atoms with E-state index in [-0.39, 0.29) is 35.8 Å². The summed E-state index contributed by atoms with van der Waals surface area (Å²) in [6.07, 6.45) is 10.6. The van der Waals surface area contributed by atoms with Crippen LogP contribution < -0.4 is 22.4 Å². The number of hydrazine groups is 1. The molecule has 0 aromatic carbocycles. The van der Waals surface area contributed by atoms with Crippen molar-refractivity contribution in [3.8, 4) is 0 Å². The van der Waals surface area contributed by atoms with Crippen LogP contribution in [0.3, 0.4) is 0 Å². The van der Waals surface area contributed by atoms with E-state index in [1.165, 1.54) is 0 Å². The van der Waals surface area contributed by atoms with Crippen LogP contribution in [0.5, 0.6) is 0 Å². The van der Waals surface area contributed by atoms with Crippen molar-refractivity contribution in [1.29, 1.82) is 0 Å². The summed E-state index contributed by atoms with van der Waals surface area (Å²) in [5, 5.41) is 6.23. The Morgan fingerprint density at radius 3 is 2.44 bits per heavy atom. The molecule has 198 valence electrons. The van der Waals surface area contributed by atoms with Gasteiger partial charge in [0.25, 0.3) is 11.8 Å². The number of hydrogen-bond donors (Lipinski definition) is 4. The minimum atomic E-state index is -0.552. The Morgan fingerprint density at radius 2 is 1.86 bits per heavy atom. The molecule has 1 saturated carbocycles. The van der Waals surface area contributed by atoms with E-state index in [9.17, 15) is 9.59 Å². The van der Waals surface area contributed by atoms with Gasteiger partial charge in [0, 0.05) is 5.57 Å². The second kappa shape index (κ2) is 13.2. The largest absolute Gasteiger partial charge is 0.384 e. The number of hydrazone groups is 1. The SMILES string of the molecule is C=C(/C=C\C(=C)C(CCC(C)C)N1C(=O)C(C(=C)CC)=NC12CCCCC2)C(=O)NC/C(N)=N/NN. The lowest BCUT2D eigenvalue weighted by molar-refractivity contribution is -0.131. The number of nitrogens with two attached hydrogens (primary N) is 2. The van der Waals surface area contributed by atoms with Crippen LogP contribution in [0.2, 0.25) is 0 Å². The van der Waals surface area contributed by atoms with Gasteiger partial charge in [-0.2, -0.15) is 5.10 Å². The second-order valence-corrected chi connectivity index (χ2v) is 9.97. The first-order valence-corrected chi connectivity index (χ1v) is 12.8. The summed E-state index contributed by atoms with van der Waals surface area (Å²) in [4.78, 5) is 33.2. The van der Waals surface area contributed by atoms with Gasteiger partial charge in [-0.25, -0.2) is 11.4 Å². The average molecular weight is 498 g/mol. The maximum absolute atomic E-state index is 13.8. The third-order valence-electron chi connectivity index (χ3n) is 6.79. The van der Waals surface area contributed by atoms with Crippen molar-refractivity contribution in [2.24, 2.45) is 27.6 Å². The summed E-state index contributed by atoms with van der Waals surface area (Å²) in [5.41, 5.74) is 9.41. The van der Waals surface area contributed by atoms with E-state index in [2.05, 4.69) is 49.5 Å². The van der Waals surface area contributed by atoms with Gasteiger partial charge in [0.05, 0.1) is 12.6 Å². The van der Waals surface area contributed by atoms with E-state index >= 15 is 0 Å². The molecule has 1 aliphatic carbocycles. The van der Waals surface area contributed by atoms with Gasteiger partial charge in [-0.1, -0.05) is 53.0 Å². The van der Waals surface area contributed by atoms with Gasteiger partial charge in [0.15, 0.2) is 0 Å². The van der Waals surface area contributed by atoms with Crippen molar-refractivity contribution in [1.82, 2.24) is 15.8 Å². The number of aliphatic imine (C=N–C) groups is 1. The van der Waals surface area contributed by atoms with Crippen molar-refractivity contribution in [2.45, 2.75) is 83.8 Å². The summed E-state index contributed by atoms with van der Waals surface area (Å²) in [5.74, 6) is 5.23. The second-order valence-electron chi connectivity index (χ2n) is 9.97. The fourth-order valence-corrected chi connectivity index (χ4v) is 4.69. The van der Waals surface area contributed by atoms with E-state index < -0.39 is 5.66 Å². The highest BCUT2D eigenvalue weighted by molar-refractivity contribution is 6.46. The lowest BCUT2D eigenvalue weighted by Crippen LogP contribution is -2.54. The zero-order valence-electron chi connectivity index (χ0n) is 22.1. The van der Waals surface area contributed by atoms with Crippen molar-refractivity contribution < 1.29 is 9.59 Å². The molecule has 0 radical (unpaired) electrons. The Hall–Kier alpha value is -3.20. The summed E-state index contributed by atoms with van der Waals surface area (Å²) >= 11 is 0. The predicted molar refractivity (Wildman–Crippen MR) is 147 cm³/mol. The topological polar surface area (TPSA) is 138 Å². The van der Waals surface area contributed by atoms with Crippen LogP contribution >= 0.6 is 0 Å². The fourth-order valence-electron chi connectivity index (χ4n) is 4.69. The van der Waals surface area contributed by atoms with E-state index in [1.807, 2.05) is 11.8 Å². The molecular formula is C27H43N7O2. The van der Waals surface area contributed by atoms with Crippen molar-refractivity contribution in [3.05, 3.63) is 48.6 Å². The van der Waals surface area contributed by atoms with Gasteiger partial charge in [0.2, 0.25) is 0 Å². The fraction of sp³-hybridized carbons (Fsp3) is 0.556. The smallest absolute Gasteiger partial charge is 0.274 e. The Labute approximate surface area is 215 Å². The average Bonchev–Trinajstić information content (AvgIpc) is 3.12. The van der Waals surface area contributed by atoms with Gasteiger partial charge >= 0.3 is 0 Å². The van der Waals surface area contributed by atoms with Crippen molar-refractivity contribution >= 4 is 23.4 Å².